The predicted octanol–water partition coefficient (Wildman–Crippen LogP) is 2.78. The molecule has 0 amide bonds. The molecule has 3 rings (SSSR count). The van der Waals surface area contributed by atoms with Crippen LogP contribution in [0, 0.1) is 0 Å². The number of fused-ring (bicyclic) bond motifs is 1. The van der Waals surface area contributed by atoms with E-state index in [9.17, 15) is 4.79 Å². The number of unbranched alkanes of at least 4 members (excludes halogenated alkanes) is 2. The number of H-pyrrole nitrogens is 1. The van der Waals surface area contributed by atoms with E-state index in [1.807, 2.05) is 28.8 Å². The quantitative estimate of drug-likeness (QED) is 0.799. The van der Waals surface area contributed by atoms with Gasteiger partial charge < -0.3 is 14.6 Å². The van der Waals surface area contributed by atoms with E-state index in [2.05, 4.69) is 9.88 Å². The normalized spacial score (nSPS) is 17.1. The van der Waals surface area contributed by atoms with Gasteiger partial charge in [-0.05, 0) is 50.8 Å². The molecule has 1 saturated heterocycles. The van der Waals surface area contributed by atoms with E-state index in [-0.39, 0.29) is 5.69 Å². The largest absolute Gasteiger partial charge is 0.385 e. The van der Waals surface area contributed by atoms with Crippen LogP contribution >= 0.6 is 0 Å². The molecule has 0 bridgehead atoms. The van der Waals surface area contributed by atoms with Gasteiger partial charge in [0.25, 0.3) is 0 Å². The molecule has 0 spiro atoms. The van der Waals surface area contributed by atoms with Gasteiger partial charge in [0.2, 0.25) is 0 Å². The highest BCUT2D eigenvalue weighted by atomic mass is 16.5. The second-order valence-corrected chi connectivity index (χ2v) is 6.44. The molecule has 2 heterocycles. The SMILES string of the molecule is COCCCCCN1CCC(n2c(=O)[nH]c3ccccc32)CC1. The number of methoxy groups -OCH3 is 1. The summed E-state index contributed by atoms with van der Waals surface area (Å²) in [5, 5.41) is 0. The molecule has 1 N–H and O–H groups in total. The van der Waals surface area contributed by atoms with Crippen LogP contribution in [0.1, 0.15) is 38.1 Å². The van der Waals surface area contributed by atoms with E-state index in [4.69, 9.17) is 4.74 Å². The minimum Gasteiger partial charge on any atom is -0.385 e. The first-order valence-electron chi connectivity index (χ1n) is 8.70. The number of hydrogen-bond acceptors (Lipinski definition) is 3. The van der Waals surface area contributed by atoms with Crippen LogP contribution < -0.4 is 5.69 Å². The van der Waals surface area contributed by atoms with Crippen LogP contribution in [0.2, 0.25) is 0 Å². The highest BCUT2D eigenvalue weighted by Gasteiger charge is 2.23. The molecule has 2 aromatic rings. The smallest absolute Gasteiger partial charge is 0.326 e. The van der Waals surface area contributed by atoms with Crippen LogP contribution in [0.3, 0.4) is 0 Å². The summed E-state index contributed by atoms with van der Waals surface area (Å²) in [6, 6.07) is 8.30. The summed E-state index contributed by atoms with van der Waals surface area (Å²) in [6.45, 7) is 4.20. The third-order valence-electron chi connectivity index (χ3n) is 4.87. The monoisotopic (exact) mass is 317 g/mol. The lowest BCUT2D eigenvalue weighted by Gasteiger charge is -2.32. The van der Waals surface area contributed by atoms with Crippen molar-refractivity contribution in [1.29, 1.82) is 0 Å². The topological polar surface area (TPSA) is 50.3 Å². The third kappa shape index (κ3) is 3.85. The molecule has 1 aliphatic heterocycles. The number of rotatable bonds is 7. The van der Waals surface area contributed by atoms with Crippen molar-refractivity contribution in [1.82, 2.24) is 14.5 Å². The summed E-state index contributed by atoms with van der Waals surface area (Å²) in [6.07, 6.45) is 5.73. The van der Waals surface area contributed by atoms with Crippen LogP contribution in [-0.2, 0) is 4.74 Å². The van der Waals surface area contributed by atoms with E-state index in [1.54, 1.807) is 7.11 Å². The molecule has 0 saturated carbocycles. The van der Waals surface area contributed by atoms with Crippen molar-refractivity contribution in [3.63, 3.8) is 0 Å². The van der Waals surface area contributed by atoms with Crippen molar-refractivity contribution in [2.24, 2.45) is 0 Å². The van der Waals surface area contributed by atoms with Crippen molar-refractivity contribution in [3.8, 4) is 0 Å². The number of hydrogen-bond donors (Lipinski definition) is 1. The fraction of sp³-hybridized carbons (Fsp3) is 0.611. The van der Waals surface area contributed by atoms with Crippen LogP contribution in [-0.4, -0.2) is 47.8 Å². The van der Waals surface area contributed by atoms with Gasteiger partial charge in [-0.15, -0.1) is 0 Å². The van der Waals surface area contributed by atoms with E-state index < -0.39 is 0 Å². The van der Waals surface area contributed by atoms with Gasteiger partial charge in [0, 0.05) is 32.8 Å². The summed E-state index contributed by atoms with van der Waals surface area (Å²) in [4.78, 5) is 17.8. The summed E-state index contributed by atoms with van der Waals surface area (Å²) >= 11 is 0. The minimum atomic E-state index is 0.0317. The zero-order valence-corrected chi connectivity index (χ0v) is 14.0. The molecule has 0 atom stereocenters. The fourth-order valence-electron chi connectivity index (χ4n) is 3.60. The lowest BCUT2D eigenvalue weighted by molar-refractivity contribution is 0.173. The number of para-hydroxylation sites is 2. The van der Waals surface area contributed by atoms with E-state index in [1.165, 1.54) is 19.4 Å². The Balaban J connectivity index is 1.54. The van der Waals surface area contributed by atoms with Crippen molar-refractivity contribution in [2.45, 2.75) is 38.1 Å². The Morgan fingerprint density at radius 2 is 1.96 bits per heavy atom. The van der Waals surface area contributed by atoms with Gasteiger partial charge in [-0.2, -0.15) is 0 Å². The average molecular weight is 317 g/mol. The second kappa shape index (κ2) is 7.79. The Hall–Kier alpha value is -1.59. The molecule has 5 heteroatoms. The molecule has 1 aliphatic rings. The van der Waals surface area contributed by atoms with E-state index in [0.717, 1.165) is 50.0 Å². The number of likely N-dealkylation sites (tertiary alicyclic amines) is 1. The van der Waals surface area contributed by atoms with Crippen LogP contribution in [0.5, 0.6) is 0 Å². The maximum Gasteiger partial charge on any atom is 0.326 e. The first-order valence-corrected chi connectivity index (χ1v) is 8.70. The van der Waals surface area contributed by atoms with Gasteiger partial charge >= 0.3 is 5.69 Å². The Morgan fingerprint density at radius 1 is 1.17 bits per heavy atom. The summed E-state index contributed by atoms with van der Waals surface area (Å²) in [5.41, 5.74) is 2.01. The van der Waals surface area contributed by atoms with Gasteiger partial charge in [0.15, 0.2) is 0 Å². The first kappa shape index (κ1) is 16.3. The summed E-state index contributed by atoms with van der Waals surface area (Å²) in [5.74, 6) is 0. The van der Waals surface area contributed by atoms with Gasteiger partial charge in [-0.3, -0.25) is 4.57 Å². The van der Waals surface area contributed by atoms with Gasteiger partial charge in [0.1, 0.15) is 0 Å². The Kier molecular flexibility index (Phi) is 5.51. The molecule has 5 nitrogen and oxygen atoms in total. The number of aromatic nitrogens is 2. The molecule has 1 aromatic heterocycles. The summed E-state index contributed by atoms with van der Waals surface area (Å²) < 4.78 is 7.05. The Morgan fingerprint density at radius 3 is 2.74 bits per heavy atom. The lowest BCUT2D eigenvalue weighted by Crippen LogP contribution is -2.37. The number of benzene rings is 1. The predicted molar refractivity (Wildman–Crippen MR) is 93.0 cm³/mol. The number of imidazole rings is 1. The number of nitrogens with one attached hydrogen (secondary N) is 1. The van der Waals surface area contributed by atoms with Crippen LogP contribution in [0.4, 0.5) is 0 Å². The molecular formula is C18H27N3O2. The minimum absolute atomic E-state index is 0.0317. The standard InChI is InChI=1S/C18H27N3O2/c1-23-14-6-2-5-11-20-12-9-15(10-13-20)21-17-8-4-3-7-16(17)19-18(21)22/h3-4,7-8,15H,2,5-6,9-14H2,1H3,(H,19,22). The molecule has 0 aliphatic carbocycles. The van der Waals surface area contributed by atoms with Gasteiger partial charge in [-0.25, -0.2) is 4.79 Å². The number of nitrogens with zero attached hydrogens (tertiary/aromatic N) is 2. The lowest BCUT2D eigenvalue weighted by atomic mass is 10.0. The zero-order valence-electron chi connectivity index (χ0n) is 14.0. The van der Waals surface area contributed by atoms with E-state index >= 15 is 0 Å². The molecule has 1 aromatic carbocycles. The van der Waals surface area contributed by atoms with Crippen molar-refractivity contribution < 1.29 is 4.74 Å². The fourth-order valence-corrected chi connectivity index (χ4v) is 3.60. The van der Waals surface area contributed by atoms with E-state index in [0.29, 0.717) is 6.04 Å². The van der Waals surface area contributed by atoms with Gasteiger partial charge in [-0.1, -0.05) is 12.1 Å². The van der Waals surface area contributed by atoms with Gasteiger partial charge in [0.05, 0.1) is 11.0 Å². The van der Waals surface area contributed by atoms with Crippen molar-refractivity contribution in [3.05, 3.63) is 34.7 Å². The zero-order chi connectivity index (χ0) is 16.1. The molecule has 126 valence electrons. The Labute approximate surface area is 137 Å². The summed E-state index contributed by atoms with van der Waals surface area (Å²) in [7, 11) is 1.76. The average Bonchev–Trinajstić information content (AvgIpc) is 2.91. The van der Waals surface area contributed by atoms with Crippen LogP contribution in [0.15, 0.2) is 29.1 Å². The first-order chi connectivity index (χ1) is 11.3. The highest BCUT2D eigenvalue weighted by molar-refractivity contribution is 5.75. The second-order valence-electron chi connectivity index (χ2n) is 6.44. The highest BCUT2D eigenvalue weighted by Crippen LogP contribution is 2.24. The number of aromatic amines is 1. The van der Waals surface area contributed by atoms with Crippen molar-refractivity contribution >= 4 is 11.0 Å². The maximum absolute atomic E-state index is 12.3. The number of ether oxygens (including phenoxy) is 1. The van der Waals surface area contributed by atoms with Crippen molar-refractivity contribution in [2.75, 3.05) is 33.4 Å². The number of piperidine rings is 1. The molecule has 0 radical (unpaired) electrons. The molecule has 1 fully saturated rings. The Bertz CT molecular complexity index is 668. The van der Waals surface area contributed by atoms with Crippen LogP contribution in [0.25, 0.3) is 11.0 Å². The maximum atomic E-state index is 12.3. The molecule has 23 heavy (non-hydrogen) atoms. The molecular weight excluding hydrogens is 290 g/mol. The third-order valence-corrected chi connectivity index (χ3v) is 4.87. The molecule has 0 unspecified atom stereocenters.